The van der Waals surface area contributed by atoms with Crippen LogP contribution in [-0.4, -0.2) is 86.8 Å². The van der Waals surface area contributed by atoms with Crippen molar-refractivity contribution in [3.05, 3.63) is 0 Å². The molecule has 204 valence electrons. The fourth-order valence-corrected chi connectivity index (χ4v) is 3.64. The summed E-state index contributed by atoms with van der Waals surface area (Å²) in [5.41, 5.74) is 0. The first-order valence-corrected chi connectivity index (χ1v) is 12.7. The van der Waals surface area contributed by atoms with E-state index in [0.717, 1.165) is 0 Å². The maximum atomic E-state index is 12.6. The molecule has 1 rings (SSSR count). The van der Waals surface area contributed by atoms with Crippen molar-refractivity contribution in [3.8, 4) is 12.3 Å². The molecule has 0 aromatic carbocycles. The van der Waals surface area contributed by atoms with Gasteiger partial charge in [-0.1, -0.05) is 20.8 Å². The maximum Gasteiger partial charge on any atom is 0.308 e. The van der Waals surface area contributed by atoms with Crippen LogP contribution in [0, 0.1) is 12.3 Å². The Hall–Kier alpha value is -2.64. The molecule has 0 N–H and O–H groups in total. The summed E-state index contributed by atoms with van der Waals surface area (Å²) in [4.78, 5) is 49.6. The van der Waals surface area contributed by atoms with Crippen molar-refractivity contribution < 1.29 is 47.3 Å². The topological polar surface area (TPSA) is 114 Å². The van der Waals surface area contributed by atoms with Gasteiger partial charge in [0.05, 0.1) is 33.7 Å². The number of esters is 4. The van der Waals surface area contributed by atoms with Crippen molar-refractivity contribution in [1.82, 2.24) is 0 Å². The van der Waals surface area contributed by atoms with Gasteiger partial charge in [0.1, 0.15) is 6.54 Å². The van der Waals surface area contributed by atoms with E-state index < -0.39 is 48.5 Å². The lowest BCUT2D eigenvalue weighted by Gasteiger charge is -2.40. The van der Waals surface area contributed by atoms with Crippen LogP contribution in [0.3, 0.4) is 0 Å². The van der Waals surface area contributed by atoms with Gasteiger partial charge in [-0.05, 0) is 25.2 Å². The fourth-order valence-electron chi connectivity index (χ4n) is 3.64. The summed E-state index contributed by atoms with van der Waals surface area (Å²) >= 11 is 0. The fraction of sp³-hybridized carbons (Fsp3) is 0.769. The second kappa shape index (κ2) is 16.2. The van der Waals surface area contributed by atoms with E-state index in [1.165, 1.54) is 0 Å². The number of rotatable bonds is 15. The van der Waals surface area contributed by atoms with Gasteiger partial charge in [0.15, 0.2) is 12.2 Å². The Morgan fingerprint density at radius 3 is 1.83 bits per heavy atom. The predicted molar refractivity (Wildman–Crippen MR) is 130 cm³/mol. The molecule has 1 fully saturated rings. The van der Waals surface area contributed by atoms with Crippen LogP contribution in [0.5, 0.6) is 0 Å². The van der Waals surface area contributed by atoms with Crippen molar-refractivity contribution in [2.45, 2.75) is 96.7 Å². The molecule has 4 atom stereocenters. The number of hydrogen-bond donors (Lipinski definition) is 0. The van der Waals surface area contributed by atoms with E-state index in [9.17, 15) is 19.2 Å². The molecule has 1 unspecified atom stereocenters. The lowest BCUT2D eigenvalue weighted by atomic mass is 10.0. The van der Waals surface area contributed by atoms with Gasteiger partial charge in [-0.25, -0.2) is 0 Å². The summed E-state index contributed by atoms with van der Waals surface area (Å²) in [5.74, 6) is 0.440. The Balaban J connectivity index is 3.04. The average Bonchev–Trinajstić information content (AvgIpc) is 2.77. The van der Waals surface area contributed by atoms with E-state index in [1.807, 2.05) is 34.9 Å². The standard InChI is InChI=1S/C26H42NO9/c1-7-12-20(28)33-19-18-32-26(36-23(31)15-11-17-27(5,6)16-10-4)25(35-22(30)14-9-3)24(19)34-21(29)13-8-2/h4,19,24-26H,7-9,11-18H2,1-3,5-6H3/q+1/t19-,24+,25-,26?/m1/s1. The summed E-state index contributed by atoms with van der Waals surface area (Å²) in [5, 5.41) is 0. The summed E-state index contributed by atoms with van der Waals surface area (Å²) in [6, 6.07) is 0. The second-order valence-corrected chi connectivity index (χ2v) is 9.50. The first kappa shape index (κ1) is 31.4. The first-order chi connectivity index (χ1) is 17.1. The highest BCUT2D eigenvalue weighted by Gasteiger charge is 2.49. The molecule has 0 radical (unpaired) electrons. The molecule has 0 amide bonds. The third-order valence-corrected chi connectivity index (χ3v) is 5.47. The van der Waals surface area contributed by atoms with Gasteiger partial charge in [0.25, 0.3) is 0 Å². The summed E-state index contributed by atoms with van der Waals surface area (Å²) in [6.07, 6.45) is 3.25. The Labute approximate surface area is 214 Å². The van der Waals surface area contributed by atoms with Gasteiger partial charge in [0, 0.05) is 25.7 Å². The quantitative estimate of drug-likeness (QED) is 0.141. The van der Waals surface area contributed by atoms with Gasteiger partial charge >= 0.3 is 23.9 Å². The minimum absolute atomic E-state index is 0.0942. The minimum Gasteiger partial charge on any atom is -0.456 e. The van der Waals surface area contributed by atoms with Crippen LogP contribution in [0.25, 0.3) is 0 Å². The number of terminal acetylenes is 1. The number of hydrogen-bond acceptors (Lipinski definition) is 9. The van der Waals surface area contributed by atoms with Crippen LogP contribution in [0.15, 0.2) is 0 Å². The van der Waals surface area contributed by atoms with Crippen molar-refractivity contribution in [3.63, 3.8) is 0 Å². The van der Waals surface area contributed by atoms with Crippen LogP contribution >= 0.6 is 0 Å². The van der Waals surface area contributed by atoms with Crippen molar-refractivity contribution in [2.75, 3.05) is 33.8 Å². The van der Waals surface area contributed by atoms with Crippen molar-refractivity contribution in [2.24, 2.45) is 0 Å². The van der Waals surface area contributed by atoms with Gasteiger partial charge in [-0.15, -0.1) is 6.42 Å². The van der Waals surface area contributed by atoms with Gasteiger partial charge < -0.3 is 28.2 Å². The monoisotopic (exact) mass is 512 g/mol. The molecule has 0 aliphatic carbocycles. The molecule has 36 heavy (non-hydrogen) atoms. The molecule has 1 aliphatic heterocycles. The molecule has 0 spiro atoms. The second-order valence-electron chi connectivity index (χ2n) is 9.50. The molecular weight excluding hydrogens is 470 g/mol. The van der Waals surface area contributed by atoms with Crippen molar-refractivity contribution >= 4 is 23.9 Å². The third kappa shape index (κ3) is 11.4. The molecule has 10 nitrogen and oxygen atoms in total. The van der Waals surface area contributed by atoms with E-state index >= 15 is 0 Å². The zero-order valence-corrected chi connectivity index (χ0v) is 22.3. The number of carbonyl (C=O) groups excluding carboxylic acids is 4. The number of quaternary nitrogens is 1. The molecule has 10 heteroatoms. The Kier molecular flexibility index (Phi) is 14.1. The Morgan fingerprint density at radius 2 is 1.31 bits per heavy atom. The molecule has 0 saturated carbocycles. The highest BCUT2D eigenvalue weighted by molar-refractivity contribution is 5.72. The first-order valence-electron chi connectivity index (χ1n) is 12.7. The SMILES string of the molecule is C#CC[N+](C)(C)CCCC(=O)OC1OC[C@@H](OC(=O)CCC)[C@H](OC(=O)CCC)[C@H]1OC(=O)CCC. The van der Waals surface area contributed by atoms with E-state index in [1.54, 1.807) is 0 Å². The van der Waals surface area contributed by atoms with E-state index in [-0.39, 0.29) is 32.3 Å². The molecule has 1 saturated heterocycles. The number of nitrogens with zero attached hydrogens (tertiary/aromatic N) is 1. The lowest BCUT2D eigenvalue weighted by molar-refractivity contribution is -0.883. The Morgan fingerprint density at radius 1 is 0.806 bits per heavy atom. The summed E-state index contributed by atoms with van der Waals surface area (Å²) < 4.78 is 28.4. The predicted octanol–water partition coefficient (Wildman–Crippen LogP) is 2.51. The molecular formula is C26H42NO9+. The van der Waals surface area contributed by atoms with Gasteiger partial charge in [0.2, 0.25) is 12.4 Å². The van der Waals surface area contributed by atoms with Crippen LogP contribution in [0.4, 0.5) is 0 Å². The Bertz CT molecular complexity index is 774. The summed E-state index contributed by atoms with van der Waals surface area (Å²) in [7, 11) is 3.93. The van der Waals surface area contributed by atoms with E-state index in [2.05, 4.69) is 5.92 Å². The molecule has 1 aliphatic rings. The highest BCUT2D eigenvalue weighted by Crippen LogP contribution is 2.27. The average molecular weight is 513 g/mol. The maximum absolute atomic E-state index is 12.6. The zero-order valence-electron chi connectivity index (χ0n) is 22.3. The molecule has 1 heterocycles. The van der Waals surface area contributed by atoms with E-state index in [4.69, 9.17) is 30.1 Å². The highest BCUT2D eigenvalue weighted by atomic mass is 16.7. The van der Waals surface area contributed by atoms with Crippen LogP contribution in [0.1, 0.15) is 72.1 Å². The normalized spacial score (nSPS) is 21.7. The van der Waals surface area contributed by atoms with Gasteiger partial charge in [-0.2, -0.15) is 0 Å². The minimum atomic E-state index is -1.31. The summed E-state index contributed by atoms with van der Waals surface area (Å²) in [6.45, 7) is 6.45. The number of carbonyl (C=O) groups is 4. The molecule has 0 bridgehead atoms. The van der Waals surface area contributed by atoms with Crippen molar-refractivity contribution in [1.29, 1.82) is 0 Å². The zero-order chi connectivity index (χ0) is 27.1. The molecule has 0 aromatic rings. The third-order valence-electron chi connectivity index (χ3n) is 5.47. The smallest absolute Gasteiger partial charge is 0.308 e. The van der Waals surface area contributed by atoms with Crippen LogP contribution in [0.2, 0.25) is 0 Å². The van der Waals surface area contributed by atoms with Crippen LogP contribution in [-0.2, 0) is 42.9 Å². The van der Waals surface area contributed by atoms with Crippen LogP contribution < -0.4 is 0 Å². The molecule has 0 aromatic heterocycles. The largest absolute Gasteiger partial charge is 0.456 e. The lowest BCUT2D eigenvalue weighted by Crippen LogP contribution is -2.58. The number of ether oxygens (including phenoxy) is 5. The van der Waals surface area contributed by atoms with E-state index in [0.29, 0.717) is 43.3 Å². The van der Waals surface area contributed by atoms with Gasteiger partial charge in [-0.3, -0.25) is 19.2 Å².